The van der Waals surface area contributed by atoms with Crippen molar-refractivity contribution >= 4 is 5.78 Å². The molecule has 0 heterocycles. The normalized spacial score (nSPS) is 52.2. The largest absolute Gasteiger partial charge is 0.389 e. The molecule has 2 nitrogen and oxygen atoms in total. The predicted octanol–water partition coefficient (Wildman–Crippen LogP) is 2.54. The number of aliphatic hydroxyl groups is 1. The van der Waals surface area contributed by atoms with Gasteiger partial charge in [-0.15, -0.1) is 0 Å². The first-order chi connectivity index (χ1) is 7.64. The summed E-state index contributed by atoms with van der Waals surface area (Å²) in [5.41, 5.74) is -0.633. The molecule has 0 aromatic rings. The Kier molecular flexibility index (Phi) is 2.39. The molecule has 16 heavy (non-hydrogen) atoms. The van der Waals surface area contributed by atoms with E-state index in [1.54, 1.807) is 0 Å². The van der Waals surface area contributed by atoms with E-state index in [1.807, 2.05) is 0 Å². The fourth-order valence-corrected chi connectivity index (χ4v) is 4.74. The molecule has 3 saturated carbocycles. The molecule has 0 aliphatic heterocycles. The Morgan fingerprint density at radius 1 is 1.19 bits per heavy atom. The van der Waals surface area contributed by atoms with E-state index in [9.17, 15) is 9.90 Å². The third-order valence-electron chi connectivity index (χ3n) is 5.57. The summed E-state index contributed by atoms with van der Waals surface area (Å²) in [7, 11) is 0. The van der Waals surface area contributed by atoms with Crippen LogP contribution in [0.4, 0.5) is 0 Å². The van der Waals surface area contributed by atoms with Crippen LogP contribution in [0.3, 0.4) is 0 Å². The van der Waals surface area contributed by atoms with Crippen LogP contribution in [0.1, 0.15) is 51.9 Å². The molecule has 2 bridgehead atoms. The lowest BCUT2D eigenvalue weighted by Gasteiger charge is -2.55. The molecule has 5 atom stereocenters. The average Bonchev–Trinajstić information content (AvgIpc) is 2.27. The molecule has 0 unspecified atom stereocenters. The van der Waals surface area contributed by atoms with Gasteiger partial charge in [0.15, 0.2) is 0 Å². The van der Waals surface area contributed by atoms with Crippen molar-refractivity contribution in [3.63, 3.8) is 0 Å². The number of ketones is 1. The Morgan fingerprint density at radius 3 is 2.81 bits per heavy atom. The van der Waals surface area contributed by atoms with Gasteiger partial charge >= 0.3 is 0 Å². The van der Waals surface area contributed by atoms with Gasteiger partial charge in [0.25, 0.3) is 0 Å². The Morgan fingerprint density at radius 2 is 2.00 bits per heavy atom. The Labute approximate surface area is 97.4 Å². The molecule has 1 N–H and O–H groups in total. The van der Waals surface area contributed by atoms with Gasteiger partial charge in [0, 0.05) is 11.8 Å². The molecule has 3 fully saturated rings. The maximum Gasteiger partial charge on any atom is 0.142 e. The minimum absolute atomic E-state index is 0.0206. The van der Waals surface area contributed by atoms with E-state index in [0.29, 0.717) is 17.6 Å². The van der Waals surface area contributed by atoms with E-state index >= 15 is 0 Å². The van der Waals surface area contributed by atoms with Crippen LogP contribution in [0.25, 0.3) is 0 Å². The summed E-state index contributed by atoms with van der Waals surface area (Å²) < 4.78 is 0. The third-order valence-corrected chi connectivity index (χ3v) is 5.57. The summed E-state index contributed by atoms with van der Waals surface area (Å²) in [6.45, 7) is 2.20. The van der Waals surface area contributed by atoms with Gasteiger partial charge in [-0.3, -0.25) is 4.79 Å². The zero-order valence-corrected chi connectivity index (χ0v) is 10.1. The number of carbonyl (C=O) groups is 1. The second kappa shape index (κ2) is 3.56. The lowest BCUT2D eigenvalue weighted by Crippen LogP contribution is -2.61. The highest BCUT2D eigenvalue weighted by Gasteiger charge is 2.58. The minimum Gasteiger partial charge on any atom is -0.389 e. The zero-order chi connectivity index (χ0) is 11.3. The molecular formula is C14H22O2. The second-order valence-corrected chi connectivity index (χ2v) is 6.19. The molecule has 3 aliphatic carbocycles. The van der Waals surface area contributed by atoms with Crippen LogP contribution >= 0.6 is 0 Å². The number of rotatable bonds is 0. The summed E-state index contributed by atoms with van der Waals surface area (Å²) in [4.78, 5) is 12.3. The summed E-state index contributed by atoms with van der Waals surface area (Å²) >= 11 is 0. The van der Waals surface area contributed by atoms with E-state index in [4.69, 9.17) is 0 Å². The molecule has 90 valence electrons. The highest BCUT2D eigenvalue weighted by atomic mass is 16.3. The number of hydrogen-bond donors (Lipinski definition) is 1. The fourth-order valence-electron chi connectivity index (χ4n) is 4.74. The highest BCUT2D eigenvalue weighted by molar-refractivity contribution is 5.86. The summed E-state index contributed by atoms with van der Waals surface area (Å²) in [6.07, 6.45) is 7.50. The van der Waals surface area contributed by atoms with Gasteiger partial charge in [0.1, 0.15) is 5.78 Å². The number of carbonyl (C=O) groups excluding carboxylic acids is 1. The summed E-state index contributed by atoms with van der Waals surface area (Å²) in [5, 5.41) is 10.9. The van der Waals surface area contributed by atoms with Gasteiger partial charge in [-0.05, 0) is 37.5 Å². The first-order valence-corrected chi connectivity index (χ1v) is 6.90. The van der Waals surface area contributed by atoms with Crippen LogP contribution in [-0.4, -0.2) is 16.5 Å². The van der Waals surface area contributed by atoms with E-state index < -0.39 is 5.60 Å². The SMILES string of the molecule is C[C@H]1[C@H]2CCCC[C@@]2(O)[C@@H]2CCC[C@H]1C2=O. The Balaban J connectivity index is 2.00. The molecule has 3 rings (SSSR count). The smallest absolute Gasteiger partial charge is 0.142 e. The third kappa shape index (κ3) is 1.25. The molecule has 0 saturated heterocycles. The standard InChI is InChI=1S/C14H22O2/c1-9-10-5-4-7-12(13(10)15)14(16)8-3-2-6-11(9)14/h9-12,16H,2-8H2,1H3/t9-,10-,11-,12-,14+/m1/s1. The predicted molar refractivity (Wildman–Crippen MR) is 61.9 cm³/mol. The van der Waals surface area contributed by atoms with Crippen molar-refractivity contribution in [3.8, 4) is 0 Å². The van der Waals surface area contributed by atoms with Crippen molar-refractivity contribution in [2.45, 2.75) is 57.5 Å². The molecule has 0 amide bonds. The van der Waals surface area contributed by atoms with Crippen molar-refractivity contribution in [3.05, 3.63) is 0 Å². The first-order valence-electron chi connectivity index (χ1n) is 6.90. The molecule has 0 aromatic heterocycles. The lowest BCUT2D eigenvalue weighted by molar-refractivity contribution is -0.179. The molecule has 0 spiro atoms. The minimum atomic E-state index is -0.633. The van der Waals surface area contributed by atoms with Crippen LogP contribution in [-0.2, 0) is 4.79 Å². The second-order valence-electron chi connectivity index (χ2n) is 6.19. The van der Waals surface area contributed by atoms with E-state index in [1.165, 1.54) is 6.42 Å². The van der Waals surface area contributed by atoms with Crippen LogP contribution in [0.5, 0.6) is 0 Å². The molecule has 3 aliphatic rings. The monoisotopic (exact) mass is 222 g/mol. The van der Waals surface area contributed by atoms with Crippen LogP contribution in [0, 0.1) is 23.7 Å². The maximum atomic E-state index is 12.3. The van der Waals surface area contributed by atoms with Gasteiger partial charge in [0.05, 0.1) is 5.60 Å². The van der Waals surface area contributed by atoms with Crippen LogP contribution < -0.4 is 0 Å². The van der Waals surface area contributed by atoms with Gasteiger partial charge in [0.2, 0.25) is 0 Å². The van der Waals surface area contributed by atoms with Crippen LogP contribution in [0.2, 0.25) is 0 Å². The number of Topliss-reactive ketones (excluding diaryl/α,β-unsaturated/α-hetero) is 1. The molecule has 0 radical (unpaired) electrons. The Bertz CT molecular complexity index is 312. The van der Waals surface area contributed by atoms with Crippen molar-refractivity contribution < 1.29 is 9.90 Å². The Hall–Kier alpha value is -0.370. The lowest BCUT2D eigenvalue weighted by atomic mass is 9.51. The van der Waals surface area contributed by atoms with Crippen molar-refractivity contribution in [1.29, 1.82) is 0 Å². The van der Waals surface area contributed by atoms with Crippen molar-refractivity contribution in [1.82, 2.24) is 0 Å². The van der Waals surface area contributed by atoms with E-state index in [2.05, 4.69) is 6.92 Å². The first kappa shape index (κ1) is 10.8. The molecular weight excluding hydrogens is 200 g/mol. The quantitative estimate of drug-likeness (QED) is 0.684. The maximum absolute atomic E-state index is 12.3. The molecule has 0 aromatic carbocycles. The van der Waals surface area contributed by atoms with Crippen molar-refractivity contribution in [2.24, 2.45) is 23.7 Å². The van der Waals surface area contributed by atoms with E-state index in [0.717, 1.165) is 38.5 Å². The molecule has 2 heteroatoms. The topological polar surface area (TPSA) is 37.3 Å². The average molecular weight is 222 g/mol. The van der Waals surface area contributed by atoms with Gasteiger partial charge < -0.3 is 5.11 Å². The van der Waals surface area contributed by atoms with Gasteiger partial charge in [-0.25, -0.2) is 0 Å². The zero-order valence-electron chi connectivity index (χ0n) is 10.1. The summed E-state index contributed by atoms with van der Waals surface area (Å²) in [5.74, 6) is 1.44. The number of hydrogen-bond acceptors (Lipinski definition) is 2. The van der Waals surface area contributed by atoms with Crippen molar-refractivity contribution in [2.75, 3.05) is 0 Å². The number of fused-ring (bicyclic) bond motifs is 4. The van der Waals surface area contributed by atoms with Crippen LogP contribution in [0.15, 0.2) is 0 Å². The fraction of sp³-hybridized carbons (Fsp3) is 0.929. The van der Waals surface area contributed by atoms with Gasteiger partial charge in [-0.2, -0.15) is 0 Å². The van der Waals surface area contributed by atoms with E-state index in [-0.39, 0.29) is 11.8 Å². The van der Waals surface area contributed by atoms with Gasteiger partial charge in [-0.1, -0.05) is 26.2 Å². The summed E-state index contributed by atoms with van der Waals surface area (Å²) in [6, 6.07) is 0. The highest BCUT2D eigenvalue weighted by Crippen LogP contribution is 2.54.